The van der Waals surface area contributed by atoms with Crippen LogP contribution in [0.15, 0.2) is 12.7 Å². The molecule has 4 N–H and O–H groups in total. The number of amides is 1. The van der Waals surface area contributed by atoms with E-state index in [1.807, 2.05) is 20.8 Å². The van der Waals surface area contributed by atoms with Gasteiger partial charge in [-0.25, -0.2) is 4.79 Å². The maximum atomic E-state index is 11.3. The number of nitrogens with two attached hydrogens (primary N) is 1. The van der Waals surface area contributed by atoms with E-state index in [0.717, 1.165) is 6.42 Å². The van der Waals surface area contributed by atoms with E-state index in [1.54, 1.807) is 6.08 Å². The first-order valence-corrected chi connectivity index (χ1v) is 5.90. The molecule has 0 rings (SSSR count). The Hall–Kier alpha value is -1.07. The number of ether oxygens (including phenoxy) is 1. The topological polar surface area (TPSA) is 76.4 Å². The predicted molar refractivity (Wildman–Crippen MR) is 69.9 cm³/mol. The van der Waals surface area contributed by atoms with Gasteiger partial charge in [-0.3, -0.25) is 0 Å². The lowest BCUT2D eigenvalue weighted by atomic mass is 10.2. The molecule has 17 heavy (non-hydrogen) atoms. The second kappa shape index (κ2) is 8.08. The van der Waals surface area contributed by atoms with Crippen LogP contribution < -0.4 is 16.4 Å². The number of carbonyl (C=O) groups excluding carboxylic acids is 1. The largest absolute Gasteiger partial charge is 0.444 e. The Bertz CT molecular complexity index is 236. The molecule has 0 aromatic carbocycles. The average Bonchev–Trinajstić information content (AvgIpc) is 2.20. The van der Waals surface area contributed by atoms with Crippen molar-refractivity contribution in [3.05, 3.63) is 12.7 Å². The zero-order valence-electron chi connectivity index (χ0n) is 11.1. The molecule has 0 aromatic rings. The Morgan fingerprint density at radius 2 is 2.18 bits per heavy atom. The van der Waals surface area contributed by atoms with Crippen LogP contribution in [0.3, 0.4) is 0 Å². The summed E-state index contributed by atoms with van der Waals surface area (Å²) in [5.41, 5.74) is 5.13. The zero-order valence-corrected chi connectivity index (χ0v) is 11.1. The lowest BCUT2D eigenvalue weighted by molar-refractivity contribution is 0.0526. The monoisotopic (exact) mass is 243 g/mol. The first kappa shape index (κ1) is 15.9. The quantitative estimate of drug-likeness (QED) is 0.583. The van der Waals surface area contributed by atoms with Gasteiger partial charge >= 0.3 is 6.09 Å². The third-order valence-corrected chi connectivity index (χ3v) is 2.00. The van der Waals surface area contributed by atoms with Crippen molar-refractivity contribution in [3.63, 3.8) is 0 Å². The van der Waals surface area contributed by atoms with Crippen molar-refractivity contribution in [1.29, 1.82) is 0 Å². The lowest BCUT2D eigenvalue weighted by Crippen LogP contribution is -2.40. The van der Waals surface area contributed by atoms with E-state index >= 15 is 0 Å². The molecule has 0 saturated carbocycles. The number of alkyl carbamates (subject to hydrolysis) is 1. The van der Waals surface area contributed by atoms with E-state index in [1.165, 1.54) is 0 Å². The molecule has 0 aromatic heterocycles. The molecular formula is C12H25N3O2. The van der Waals surface area contributed by atoms with Gasteiger partial charge in [-0.1, -0.05) is 6.08 Å². The highest BCUT2D eigenvalue weighted by Gasteiger charge is 2.15. The van der Waals surface area contributed by atoms with Crippen molar-refractivity contribution in [2.45, 2.75) is 38.8 Å². The molecule has 0 aliphatic heterocycles. The highest BCUT2D eigenvalue weighted by molar-refractivity contribution is 5.67. The fourth-order valence-corrected chi connectivity index (χ4v) is 1.22. The van der Waals surface area contributed by atoms with Crippen LogP contribution in [0.1, 0.15) is 27.2 Å². The summed E-state index contributed by atoms with van der Waals surface area (Å²) >= 11 is 0. The van der Waals surface area contributed by atoms with E-state index in [4.69, 9.17) is 10.5 Å². The summed E-state index contributed by atoms with van der Waals surface area (Å²) in [6, 6.07) is 0.183. The summed E-state index contributed by atoms with van der Waals surface area (Å²) in [7, 11) is 0. The highest BCUT2D eigenvalue weighted by atomic mass is 16.6. The number of hydrogen-bond donors (Lipinski definition) is 3. The van der Waals surface area contributed by atoms with Crippen LogP contribution in [-0.2, 0) is 4.74 Å². The zero-order chi connectivity index (χ0) is 13.3. The van der Waals surface area contributed by atoms with Crippen molar-refractivity contribution in [1.82, 2.24) is 10.6 Å². The molecule has 0 fully saturated rings. The van der Waals surface area contributed by atoms with Crippen LogP contribution in [0.5, 0.6) is 0 Å². The van der Waals surface area contributed by atoms with E-state index in [9.17, 15) is 4.79 Å². The van der Waals surface area contributed by atoms with Gasteiger partial charge in [-0.2, -0.15) is 0 Å². The van der Waals surface area contributed by atoms with Gasteiger partial charge in [0.1, 0.15) is 5.60 Å². The minimum Gasteiger partial charge on any atom is -0.444 e. The molecule has 5 nitrogen and oxygen atoms in total. The first-order chi connectivity index (χ1) is 7.89. The summed E-state index contributed by atoms with van der Waals surface area (Å²) in [4.78, 5) is 11.3. The SMILES string of the molecule is C=CCNC(CN)CCNC(=O)OC(C)(C)C. The van der Waals surface area contributed by atoms with Crippen LogP contribution in [0.4, 0.5) is 4.79 Å². The van der Waals surface area contributed by atoms with Crippen molar-refractivity contribution < 1.29 is 9.53 Å². The average molecular weight is 243 g/mol. The van der Waals surface area contributed by atoms with Crippen molar-refractivity contribution >= 4 is 6.09 Å². The van der Waals surface area contributed by atoms with Gasteiger partial charge in [-0.15, -0.1) is 6.58 Å². The third kappa shape index (κ3) is 9.84. The van der Waals surface area contributed by atoms with Gasteiger partial charge in [-0.05, 0) is 27.2 Å². The Morgan fingerprint density at radius 1 is 1.53 bits per heavy atom. The molecule has 0 aliphatic rings. The van der Waals surface area contributed by atoms with Gasteiger partial charge in [0.15, 0.2) is 0 Å². The first-order valence-electron chi connectivity index (χ1n) is 5.90. The summed E-state index contributed by atoms with van der Waals surface area (Å²) in [5.74, 6) is 0. The Labute approximate surface area is 104 Å². The van der Waals surface area contributed by atoms with E-state index in [0.29, 0.717) is 19.6 Å². The molecular weight excluding hydrogens is 218 g/mol. The van der Waals surface area contributed by atoms with Crippen molar-refractivity contribution in [2.75, 3.05) is 19.6 Å². The Kier molecular flexibility index (Phi) is 7.58. The minimum atomic E-state index is -0.460. The number of rotatable bonds is 7. The van der Waals surface area contributed by atoms with Crippen LogP contribution in [0.2, 0.25) is 0 Å². The molecule has 0 radical (unpaired) electrons. The molecule has 1 unspecified atom stereocenters. The van der Waals surface area contributed by atoms with Gasteiger partial charge < -0.3 is 21.1 Å². The van der Waals surface area contributed by atoms with Gasteiger partial charge in [0.2, 0.25) is 0 Å². The summed E-state index contributed by atoms with van der Waals surface area (Å²) < 4.78 is 5.12. The smallest absolute Gasteiger partial charge is 0.407 e. The fraction of sp³-hybridized carbons (Fsp3) is 0.750. The maximum absolute atomic E-state index is 11.3. The van der Waals surface area contributed by atoms with Crippen LogP contribution in [-0.4, -0.2) is 37.4 Å². The minimum absolute atomic E-state index is 0.183. The molecule has 1 amide bonds. The second-order valence-electron chi connectivity index (χ2n) is 4.85. The van der Waals surface area contributed by atoms with Gasteiger partial charge in [0.05, 0.1) is 0 Å². The molecule has 0 bridgehead atoms. The van der Waals surface area contributed by atoms with Crippen LogP contribution in [0, 0.1) is 0 Å². The fourth-order valence-electron chi connectivity index (χ4n) is 1.22. The van der Waals surface area contributed by atoms with Crippen molar-refractivity contribution in [2.24, 2.45) is 5.73 Å². The molecule has 100 valence electrons. The number of nitrogens with one attached hydrogen (secondary N) is 2. The second-order valence-corrected chi connectivity index (χ2v) is 4.85. The summed E-state index contributed by atoms with van der Waals surface area (Å²) in [5, 5.41) is 5.90. The Morgan fingerprint density at radius 3 is 2.65 bits per heavy atom. The normalized spacial score (nSPS) is 12.9. The maximum Gasteiger partial charge on any atom is 0.407 e. The number of carbonyl (C=O) groups is 1. The summed E-state index contributed by atoms with van der Waals surface area (Å²) in [6.07, 6.45) is 2.16. The molecule has 0 heterocycles. The Balaban J connectivity index is 3.73. The molecule has 0 spiro atoms. The van der Waals surface area contributed by atoms with E-state index in [2.05, 4.69) is 17.2 Å². The van der Waals surface area contributed by atoms with Crippen LogP contribution in [0.25, 0.3) is 0 Å². The number of hydrogen-bond acceptors (Lipinski definition) is 4. The molecule has 0 saturated heterocycles. The summed E-state index contributed by atoms with van der Waals surface area (Å²) in [6.45, 7) is 10.9. The lowest BCUT2D eigenvalue weighted by Gasteiger charge is -2.20. The van der Waals surface area contributed by atoms with Crippen LogP contribution >= 0.6 is 0 Å². The molecule has 0 aliphatic carbocycles. The predicted octanol–water partition coefficient (Wildman–Crippen LogP) is 1.00. The van der Waals surface area contributed by atoms with E-state index < -0.39 is 11.7 Å². The van der Waals surface area contributed by atoms with Gasteiger partial charge in [0.25, 0.3) is 0 Å². The van der Waals surface area contributed by atoms with E-state index in [-0.39, 0.29) is 6.04 Å². The molecule has 1 atom stereocenters. The standard InChI is InChI=1S/C12H25N3O2/c1-5-7-14-10(9-13)6-8-15-11(16)17-12(2,3)4/h5,10,14H,1,6-9,13H2,2-4H3,(H,15,16). The van der Waals surface area contributed by atoms with Gasteiger partial charge in [0, 0.05) is 25.7 Å². The third-order valence-electron chi connectivity index (χ3n) is 2.00. The highest BCUT2D eigenvalue weighted by Crippen LogP contribution is 2.06. The molecule has 5 heteroatoms. The van der Waals surface area contributed by atoms with Crippen molar-refractivity contribution in [3.8, 4) is 0 Å².